The number of hydrogen-bond donors (Lipinski definition) is 2. The first-order valence-electron chi connectivity index (χ1n) is 7.03. The van der Waals surface area contributed by atoms with Gasteiger partial charge in [-0.15, -0.1) is 0 Å². The number of benzene rings is 2. The van der Waals surface area contributed by atoms with Gasteiger partial charge in [-0.25, -0.2) is 9.82 Å². The molecule has 0 saturated carbocycles. The Hall–Kier alpha value is -2.99. The second-order valence-corrected chi connectivity index (χ2v) is 5.30. The van der Waals surface area contributed by atoms with Gasteiger partial charge in [0.15, 0.2) is 0 Å². The number of carbonyl (C=O) groups is 1. The largest absolute Gasteiger partial charge is 0.289 e. The molecular weight excluding hydrogens is 331 g/mol. The van der Waals surface area contributed by atoms with Crippen LogP contribution in [0.4, 0.5) is 4.39 Å². The van der Waals surface area contributed by atoms with E-state index in [1.54, 1.807) is 36.4 Å². The van der Waals surface area contributed by atoms with Gasteiger partial charge < -0.3 is 0 Å². The number of H-pyrrole nitrogens is 1. The van der Waals surface area contributed by atoms with Crippen molar-refractivity contribution in [1.29, 1.82) is 0 Å². The second kappa shape index (κ2) is 7.06. The van der Waals surface area contributed by atoms with Gasteiger partial charge in [0.2, 0.25) is 0 Å². The maximum atomic E-state index is 12.9. The number of aromatic amines is 1. The highest BCUT2D eigenvalue weighted by molar-refractivity contribution is 6.33. The summed E-state index contributed by atoms with van der Waals surface area (Å²) in [7, 11) is 0. The van der Waals surface area contributed by atoms with Crippen molar-refractivity contribution in [2.24, 2.45) is 5.10 Å². The number of hydrazone groups is 1. The van der Waals surface area contributed by atoms with Crippen LogP contribution in [0.5, 0.6) is 0 Å². The Balaban J connectivity index is 1.68. The van der Waals surface area contributed by atoms with E-state index in [0.717, 1.165) is 0 Å². The summed E-state index contributed by atoms with van der Waals surface area (Å²) in [4.78, 5) is 12.0. The highest BCUT2D eigenvalue weighted by Crippen LogP contribution is 2.18. The fourth-order valence-corrected chi connectivity index (χ4v) is 2.19. The van der Waals surface area contributed by atoms with Crippen molar-refractivity contribution in [3.05, 3.63) is 76.7 Å². The number of carbonyl (C=O) groups excluding carboxylic acids is 1. The van der Waals surface area contributed by atoms with Crippen LogP contribution in [0.3, 0.4) is 0 Å². The van der Waals surface area contributed by atoms with Crippen molar-refractivity contribution >= 4 is 23.7 Å². The topological polar surface area (TPSA) is 70.1 Å². The molecule has 120 valence electrons. The number of nitrogens with zero attached hydrogens (tertiary/aromatic N) is 2. The lowest BCUT2D eigenvalue weighted by Gasteiger charge is -1.97. The summed E-state index contributed by atoms with van der Waals surface area (Å²) in [5.74, 6) is -0.777. The van der Waals surface area contributed by atoms with Gasteiger partial charge in [0.1, 0.15) is 11.5 Å². The average Bonchev–Trinajstić information content (AvgIpc) is 3.07. The molecule has 0 bridgehead atoms. The van der Waals surface area contributed by atoms with Crippen LogP contribution in [0.15, 0.2) is 59.7 Å². The highest BCUT2D eigenvalue weighted by atomic mass is 35.5. The lowest BCUT2D eigenvalue weighted by Crippen LogP contribution is -2.18. The summed E-state index contributed by atoms with van der Waals surface area (Å²) >= 11 is 5.99. The molecule has 1 amide bonds. The van der Waals surface area contributed by atoms with Gasteiger partial charge >= 0.3 is 0 Å². The monoisotopic (exact) mass is 342 g/mol. The molecule has 3 rings (SSSR count). The molecule has 0 aliphatic carbocycles. The summed E-state index contributed by atoms with van der Waals surface area (Å²) in [6, 6.07) is 14.5. The van der Waals surface area contributed by atoms with E-state index in [2.05, 4.69) is 20.7 Å². The summed E-state index contributed by atoms with van der Waals surface area (Å²) in [6.45, 7) is 0. The predicted octanol–water partition coefficient (Wildman–Crippen LogP) is 3.63. The zero-order valence-corrected chi connectivity index (χ0v) is 13.1. The third kappa shape index (κ3) is 3.67. The van der Waals surface area contributed by atoms with E-state index >= 15 is 0 Å². The van der Waals surface area contributed by atoms with Crippen molar-refractivity contribution in [1.82, 2.24) is 15.6 Å². The Morgan fingerprint density at radius 2 is 1.96 bits per heavy atom. The zero-order chi connectivity index (χ0) is 16.9. The Kier molecular flexibility index (Phi) is 4.67. The summed E-state index contributed by atoms with van der Waals surface area (Å²) < 4.78 is 12.9. The van der Waals surface area contributed by atoms with Crippen molar-refractivity contribution in [3.8, 4) is 11.3 Å². The van der Waals surface area contributed by atoms with Crippen molar-refractivity contribution in [3.63, 3.8) is 0 Å². The Morgan fingerprint density at radius 3 is 2.71 bits per heavy atom. The number of amides is 1. The Morgan fingerprint density at radius 1 is 1.21 bits per heavy atom. The highest BCUT2D eigenvalue weighted by Gasteiger charge is 2.10. The third-order valence-corrected chi connectivity index (χ3v) is 3.58. The first kappa shape index (κ1) is 15.9. The van der Waals surface area contributed by atoms with Crippen LogP contribution in [0.1, 0.15) is 16.1 Å². The molecule has 24 heavy (non-hydrogen) atoms. The molecule has 0 atom stereocenters. The average molecular weight is 343 g/mol. The lowest BCUT2D eigenvalue weighted by atomic mass is 10.1. The third-order valence-electron chi connectivity index (χ3n) is 3.24. The Labute approximate surface area is 142 Å². The molecule has 0 saturated heterocycles. The van der Waals surface area contributed by atoms with Gasteiger partial charge in [0.05, 0.1) is 11.9 Å². The number of aromatic nitrogens is 2. The predicted molar refractivity (Wildman–Crippen MR) is 90.5 cm³/mol. The molecule has 5 nitrogen and oxygen atoms in total. The van der Waals surface area contributed by atoms with E-state index in [9.17, 15) is 9.18 Å². The van der Waals surface area contributed by atoms with Gasteiger partial charge in [0.25, 0.3) is 5.91 Å². The van der Waals surface area contributed by atoms with E-state index < -0.39 is 5.91 Å². The molecule has 2 N–H and O–H groups in total. The van der Waals surface area contributed by atoms with Crippen LogP contribution in [0.25, 0.3) is 11.3 Å². The van der Waals surface area contributed by atoms with Gasteiger partial charge in [-0.05, 0) is 36.4 Å². The van der Waals surface area contributed by atoms with Crippen molar-refractivity contribution in [2.75, 3.05) is 0 Å². The number of rotatable bonds is 4. The fraction of sp³-hybridized carbons (Fsp3) is 0. The molecule has 2 aromatic carbocycles. The minimum Gasteiger partial charge on any atom is -0.272 e. The van der Waals surface area contributed by atoms with Gasteiger partial charge in [-0.3, -0.25) is 9.89 Å². The molecular formula is C17H12ClFN4O. The normalized spacial score (nSPS) is 10.9. The standard InChI is InChI=1S/C17H12ClFN4O/c18-14-4-2-1-3-12(14)10-20-23-17(24)16-9-15(21-22-16)11-5-7-13(19)8-6-11/h1-10H,(H,21,22)(H,23,24)/b20-10+. The van der Waals surface area contributed by atoms with Crippen molar-refractivity contribution < 1.29 is 9.18 Å². The molecule has 0 fully saturated rings. The van der Waals surface area contributed by atoms with E-state index in [4.69, 9.17) is 11.6 Å². The lowest BCUT2D eigenvalue weighted by molar-refractivity contribution is 0.0950. The van der Waals surface area contributed by atoms with Crippen LogP contribution >= 0.6 is 11.6 Å². The zero-order valence-electron chi connectivity index (χ0n) is 12.3. The molecule has 0 spiro atoms. The SMILES string of the molecule is O=C(N/N=C/c1ccccc1Cl)c1cc(-c2ccc(F)cc2)n[nH]1. The number of nitrogens with one attached hydrogen (secondary N) is 2. The number of halogens is 2. The summed E-state index contributed by atoms with van der Waals surface area (Å²) in [6.07, 6.45) is 1.46. The molecule has 0 aliphatic rings. The molecule has 3 aromatic rings. The minimum absolute atomic E-state index is 0.241. The molecule has 0 unspecified atom stereocenters. The van der Waals surface area contributed by atoms with Crippen molar-refractivity contribution in [2.45, 2.75) is 0 Å². The minimum atomic E-state index is -0.445. The molecule has 1 aromatic heterocycles. The molecule has 0 radical (unpaired) electrons. The molecule has 0 aliphatic heterocycles. The maximum Gasteiger partial charge on any atom is 0.289 e. The maximum absolute atomic E-state index is 12.9. The first-order chi connectivity index (χ1) is 11.6. The van der Waals surface area contributed by atoms with E-state index in [-0.39, 0.29) is 11.5 Å². The quantitative estimate of drug-likeness (QED) is 0.561. The Bertz CT molecular complexity index is 890. The van der Waals surface area contributed by atoms with Crippen LogP contribution < -0.4 is 5.43 Å². The van der Waals surface area contributed by atoms with Gasteiger partial charge in [-0.2, -0.15) is 10.2 Å². The van der Waals surface area contributed by atoms with Crippen LogP contribution in [-0.2, 0) is 0 Å². The summed E-state index contributed by atoms with van der Waals surface area (Å²) in [5.41, 5.74) is 4.56. The van der Waals surface area contributed by atoms with E-state index in [0.29, 0.717) is 21.8 Å². The van der Waals surface area contributed by atoms with Crippen LogP contribution in [0, 0.1) is 5.82 Å². The summed E-state index contributed by atoms with van der Waals surface area (Å²) in [5, 5.41) is 11.1. The van der Waals surface area contributed by atoms with Gasteiger partial charge in [-0.1, -0.05) is 29.8 Å². The van der Waals surface area contributed by atoms with E-state index in [1.165, 1.54) is 18.3 Å². The molecule has 7 heteroatoms. The smallest absolute Gasteiger partial charge is 0.272 e. The number of hydrogen-bond acceptors (Lipinski definition) is 3. The van der Waals surface area contributed by atoms with Gasteiger partial charge in [0, 0.05) is 16.1 Å². The van der Waals surface area contributed by atoms with Crippen LogP contribution in [0.2, 0.25) is 5.02 Å². The van der Waals surface area contributed by atoms with Crippen LogP contribution in [-0.4, -0.2) is 22.3 Å². The second-order valence-electron chi connectivity index (χ2n) is 4.89. The van der Waals surface area contributed by atoms with E-state index in [1.807, 2.05) is 6.07 Å². The first-order valence-corrected chi connectivity index (χ1v) is 7.40. The fourth-order valence-electron chi connectivity index (χ4n) is 2.01. The molecule has 1 heterocycles.